The summed E-state index contributed by atoms with van der Waals surface area (Å²) >= 11 is 0. The maximum absolute atomic E-state index is 13.0. The number of halogens is 1. The van der Waals surface area contributed by atoms with Gasteiger partial charge in [-0.15, -0.1) is 0 Å². The molecule has 1 nitrogen and oxygen atoms in total. The Morgan fingerprint density at radius 1 is 0.933 bits per heavy atom. The van der Waals surface area contributed by atoms with Gasteiger partial charge in [0, 0.05) is 0 Å². The lowest BCUT2D eigenvalue weighted by atomic mass is 10.1. The fourth-order valence-corrected chi connectivity index (χ4v) is 2.15. The van der Waals surface area contributed by atoms with Crippen molar-refractivity contribution in [1.82, 2.24) is 0 Å². The normalized spacial score (nSPS) is 17.3. The predicted octanol–water partition coefficient (Wildman–Crippen LogP) is 2.89. The second-order valence-electron chi connectivity index (χ2n) is 3.72. The third-order valence-electron chi connectivity index (χ3n) is 2.85. The molecule has 0 saturated carbocycles. The molecule has 0 spiro atoms. The first-order valence-electron chi connectivity index (χ1n) is 4.84. The van der Waals surface area contributed by atoms with Crippen LogP contribution < -0.4 is 0 Å². The molecule has 1 N–H and O–H groups in total. The predicted molar refractivity (Wildman–Crippen MR) is 55.9 cm³/mol. The summed E-state index contributed by atoms with van der Waals surface area (Å²) in [4.78, 5) is 0. The quantitative estimate of drug-likeness (QED) is 0.693. The van der Waals surface area contributed by atoms with Crippen LogP contribution in [-0.4, -0.2) is 5.11 Å². The summed E-state index contributed by atoms with van der Waals surface area (Å²) < 4.78 is 13.0. The molecule has 0 bridgehead atoms. The molecule has 2 aromatic carbocycles. The fraction of sp³-hybridized carbons (Fsp3) is 0.0769. The molecular formula is C13H9FO. The molecular weight excluding hydrogens is 191 g/mol. The molecule has 0 heterocycles. The monoisotopic (exact) mass is 200 g/mol. The van der Waals surface area contributed by atoms with Crippen molar-refractivity contribution in [2.45, 2.75) is 6.10 Å². The van der Waals surface area contributed by atoms with Crippen LogP contribution in [0.5, 0.6) is 0 Å². The lowest BCUT2D eigenvalue weighted by Crippen LogP contribution is -1.93. The summed E-state index contributed by atoms with van der Waals surface area (Å²) in [6, 6.07) is 12.2. The first-order valence-corrected chi connectivity index (χ1v) is 4.84. The Bertz CT molecular complexity index is 534. The van der Waals surface area contributed by atoms with Gasteiger partial charge in [-0.1, -0.05) is 30.3 Å². The average molecular weight is 200 g/mol. The molecule has 2 heteroatoms. The van der Waals surface area contributed by atoms with E-state index in [2.05, 4.69) is 0 Å². The maximum atomic E-state index is 13.0. The van der Waals surface area contributed by atoms with E-state index < -0.39 is 6.10 Å². The van der Waals surface area contributed by atoms with Gasteiger partial charge in [-0.3, -0.25) is 0 Å². The molecule has 3 rings (SSSR count). The van der Waals surface area contributed by atoms with Crippen molar-refractivity contribution < 1.29 is 9.50 Å². The molecule has 0 saturated heterocycles. The summed E-state index contributed by atoms with van der Waals surface area (Å²) in [6.07, 6.45) is -0.688. The van der Waals surface area contributed by atoms with E-state index in [9.17, 15) is 9.50 Å². The van der Waals surface area contributed by atoms with Gasteiger partial charge in [0.25, 0.3) is 0 Å². The van der Waals surface area contributed by atoms with Crippen LogP contribution in [0.25, 0.3) is 11.1 Å². The van der Waals surface area contributed by atoms with Crippen molar-refractivity contribution in [2.75, 3.05) is 0 Å². The van der Waals surface area contributed by atoms with Gasteiger partial charge in [-0.05, 0) is 34.4 Å². The lowest BCUT2D eigenvalue weighted by molar-refractivity contribution is 0.225. The SMILES string of the molecule is O[C@@H]1c2ccccc2-c2ccc(F)cc21. The molecule has 0 unspecified atom stereocenters. The summed E-state index contributed by atoms with van der Waals surface area (Å²) in [5, 5.41) is 9.99. The van der Waals surface area contributed by atoms with E-state index in [1.54, 1.807) is 6.07 Å². The van der Waals surface area contributed by atoms with E-state index in [0.29, 0.717) is 5.56 Å². The lowest BCUT2D eigenvalue weighted by Gasteiger charge is -2.04. The van der Waals surface area contributed by atoms with Crippen molar-refractivity contribution in [3.8, 4) is 11.1 Å². The van der Waals surface area contributed by atoms with Crippen LogP contribution in [0.1, 0.15) is 17.2 Å². The molecule has 0 amide bonds. The highest BCUT2D eigenvalue weighted by Gasteiger charge is 2.26. The second kappa shape index (κ2) is 2.91. The zero-order valence-corrected chi connectivity index (χ0v) is 7.94. The highest BCUT2D eigenvalue weighted by atomic mass is 19.1. The molecule has 0 aliphatic heterocycles. The summed E-state index contributed by atoms with van der Waals surface area (Å²) in [5.41, 5.74) is 3.45. The average Bonchev–Trinajstić information content (AvgIpc) is 2.54. The topological polar surface area (TPSA) is 20.2 Å². The van der Waals surface area contributed by atoms with E-state index >= 15 is 0 Å². The highest BCUT2D eigenvalue weighted by molar-refractivity contribution is 5.77. The molecule has 0 radical (unpaired) electrons. The summed E-state index contributed by atoms with van der Waals surface area (Å²) in [7, 11) is 0. The van der Waals surface area contributed by atoms with Gasteiger partial charge >= 0.3 is 0 Å². The van der Waals surface area contributed by atoms with E-state index in [0.717, 1.165) is 16.7 Å². The van der Waals surface area contributed by atoms with Crippen LogP contribution in [-0.2, 0) is 0 Å². The van der Waals surface area contributed by atoms with Gasteiger partial charge in [-0.25, -0.2) is 4.39 Å². The molecule has 0 aromatic heterocycles. The second-order valence-corrected chi connectivity index (χ2v) is 3.72. The molecule has 1 aliphatic carbocycles. The Hall–Kier alpha value is -1.67. The van der Waals surface area contributed by atoms with E-state index in [1.807, 2.05) is 24.3 Å². The Balaban J connectivity index is 2.32. The highest BCUT2D eigenvalue weighted by Crippen LogP contribution is 2.43. The standard InChI is InChI=1S/C13H9FO/c14-8-5-6-10-9-3-1-2-4-11(9)13(15)12(10)7-8/h1-7,13,15H/t13-/m1/s1. The fourth-order valence-electron chi connectivity index (χ4n) is 2.15. The van der Waals surface area contributed by atoms with Crippen molar-refractivity contribution >= 4 is 0 Å². The zero-order valence-electron chi connectivity index (χ0n) is 7.94. The van der Waals surface area contributed by atoms with Gasteiger partial charge in [0.05, 0.1) is 0 Å². The van der Waals surface area contributed by atoms with E-state index in [4.69, 9.17) is 0 Å². The van der Waals surface area contributed by atoms with Crippen LogP contribution in [0.4, 0.5) is 4.39 Å². The Labute approximate surface area is 86.8 Å². The molecule has 15 heavy (non-hydrogen) atoms. The van der Waals surface area contributed by atoms with Gasteiger partial charge in [0.15, 0.2) is 0 Å². The molecule has 0 fully saturated rings. The minimum absolute atomic E-state index is 0.305. The number of hydrogen-bond donors (Lipinski definition) is 1. The summed E-state index contributed by atoms with van der Waals surface area (Å²) in [6.45, 7) is 0. The van der Waals surface area contributed by atoms with Crippen molar-refractivity contribution in [3.63, 3.8) is 0 Å². The summed E-state index contributed by atoms with van der Waals surface area (Å²) in [5.74, 6) is -0.305. The Kier molecular flexibility index (Phi) is 1.67. The van der Waals surface area contributed by atoms with Crippen molar-refractivity contribution in [3.05, 3.63) is 59.4 Å². The van der Waals surface area contributed by atoms with Crippen molar-refractivity contribution in [2.24, 2.45) is 0 Å². The minimum Gasteiger partial charge on any atom is -0.384 e. The largest absolute Gasteiger partial charge is 0.384 e. The van der Waals surface area contributed by atoms with E-state index in [-0.39, 0.29) is 5.82 Å². The van der Waals surface area contributed by atoms with Crippen LogP contribution in [0.3, 0.4) is 0 Å². The molecule has 1 aliphatic rings. The smallest absolute Gasteiger partial charge is 0.123 e. The zero-order chi connectivity index (χ0) is 10.4. The van der Waals surface area contributed by atoms with Gasteiger partial charge in [0.2, 0.25) is 0 Å². The van der Waals surface area contributed by atoms with Crippen LogP contribution in [0.15, 0.2) is 42.5 Å². The molecule has 2 aromatic rings. The minimum atomic E-state index is -0.688. The third-order valence-corrected chi connectivity index (χ3v) is 2.85. The Morgan fingerprint density at radius 2 is 1.67 bits per heavy atom. The number of hydrogen-bond acceptors (Lipinski definition) is 1. The van der Waals surface area contributed by atoms with Gasteiger partial charge in [0.1, 0.15) is 11.9 Å². The maximum Gasteiger partial charge on any atom is 0.123 e. The third kappa shape index (κ3) is 1.12. The van der Waals surface area contributed by atoms with Crippen LogP contribution in [0.2, 0.25) is 0 Å². The number of aliphatic hydroxyl groups excluding tert-OH is 1. The van der Waals surface area contributed by atoms with Crippen LogP contribution >= 0.6 is 0 Å². The molecule has 74 valence electrons. The van der Waals surface area contributed by atoms with Gasteiger partial charge < -0.3 is 5.11 Å². The molecule has 1 atom stereocenters. The number of aliphatic hydroxyl groups is 1. The van der Waals surface area contributed by atoms with Crippen molar-refractivity contribution in [1.29, 1.82) is 0 Å². The van der Waals surface area contributed by atoms with Crippen LogP contribution in [0, 0.1) is 5.82 Å². The Morgan fingerprint density at radius 3 is 2.53 bits per heavy atom. The first kappa shape index (κ1) is 8.62. The number of benzene rings is 2. The number of rotatable bonds is 0. The van der Waals surface area contributed by atoms with Gasteiger partial charge in [-0.2, -0.15) is 0 Å². The number of fused-ring (bicyclic) bond motifs is 3. The first-order chi connectivity index (χ1) is 7.27. The van der Waals surface area contributed by atoms with E-state index in [1.165, 1.54) is 12.1 Å².